The highest BCUT2D eigenvalue weighted by Crippen LogP contribution is 2.17. The Morgan fingerprint density at radius 3 is 2.89 bits per heavy atom. The van der Waals surface area contributed by atoms with E-state index in [1.807, 2.05) is 30.3 Å². The Bertz CT molecular complexity index is 689. The molecule has 96 valence electrons. The van der Waals surface area contributed by atoms with Gasteiger partial charge in [0.05, 0.1) is 12.1 Å². The summed E-state index contributed by atoms with van der Waals surface area (Å²) in [6, 6.07) is 10.4. The molecule has 0 aliphatic carbocycles. The van der Waals surface area contributed by atoms with Crippen LogP contribution in [0.1, 0.15) is 11.5 Å². The summed E-state index contributed by atoms with van der Waals surface area (Å²) in [6.45, 7) is 0.811. The molecule has 2 aromatic heterocycles. The zero-order chi connectivity index (χ0) is 13.1. The first-order valence-corrected chi connectivity index (χ1v) is 5.96. The van der Waals surface area contributed by atoms with Gasteiger partial charge < -0.3 is 15.5 Å². The largest absolute Gasteiger partial charge is 0.407 e. The van der Waals surface area contributed by atoms with Gasteiger partial charge in [-0.25, -0.2) is 0 Å². The summed E-state index contributed by atoms with van der Waals surface area (Å²) in [5.74, 6) is 0.415. The van der Waals surface area contributed by atoms with Crippen LogP contribution in [0, 0.1) is 0 Å². The molecular formula is C13H13N5O. The van der Waals surface area contributed by atoms with Crippen molar-refractivity contribution in [3.8, 4) is 0 Å². The SMILES string of the molecule is NCc1nnc(NCc2cccc3cccnc23)o1. The van der Waals surface area contributed by atoms with Crippen molar-refractivity contribution in [2.24, 2.45) is 5.73 Å². The molecule has 0 fully saturated rings. The number of anilines is 1. The molecule has 0 aliphatic heterocycles. The molecule has 6 heteroatoms. The third-order valence-electron chi connectivity index (χ3n) is 2.79. The molecule has 0 amide bonds. The fraction of sp³-hybridized carbons (Fsp3) is 0.154. The second-order valence-corrected chi connectivity index (χ2v) is 4.05. The van der Waals surface area contributed by atoms with Gasteiger partial charge in [0.2, 0.25) is 5.89 Å². The zero-order valence-electron chi connectivity index (χ0n) is 10.2. The van der Waals surface area contributed by atoms with Gasteiger partial charge in [-0.1, -0.05) is 29.4 Å². The van der Waals surface area contributed by atoms with Gasteiger partial charge in [0.25, 0.3) is 0 Å². The van der Waals surface area contributed by atoms with E-state index in [0.29, 0.717) is 18.5 Å². The van der Waals surface area contributed by atoms with Crippen molar-refractivity contribution in [1.82, 2.24) is 15.2 Å². The monoisotopic (exact) mass is 255 g/mol. The van der Waals surface area contributed by atoms with Crippen LogP contribution in [0.5, 0.6) is 0 Å². The summed E-state index contributed by atoms with van der Waals surface area (Å²) < 4.78 is 5.29. The number of benzene rings is 1. The van der Waals surface area contributed by atoms with Crippen molar-refractivity contribution in [3.05, 3.63) is 48.0 Å². The van der Waals surface area contributed by atoms with Crippen LogP contribution >= 0.6 is 0 Å². The molecule has 0 bridgehead atoms. The second-order valence-electron chi connectivity index (χ2n) is 4.05. The summed E-state index contributed by atoms with van der Waals surface area (Å²) in [5.41, 5.74) is 7.45. The van der Waals surface area contributed by atoms with Crippen molar-refractivity contribution < 1.29 is 4.42 Å². The van der Waals surface area contributed by atoms with Gasteiger partial charge in [0.1, 0.15) is 0 Å². The summed E-state index contributed by atoms with van der Waals surface area (Å²) in [7, 11) is 0. The Kier molecular flexibility index (Phi) is 3.07. The highest BCUT2D eigenvalue weighted by molar-refractivity contribution is 5.81. The number of hydrogen-bond acceptors (Lipinski definition) is 6. The minimum absolute atomic E-state index is 0.241. The summed E-state index contributed by atoms with van der Waals surface area (Å²) in [6.07, 6.45) is 1.78. The molecule has 3 N–H and O–H groups in total. The van der Waals surface area contributed by atoms with Crippen LogP contribution in [0.25, 0.3) is 10.9 Å². The van der Waals surface area contributed by atoms with Crippen molar-refractivity contribution in [3.63, 3.8) is 0 Å². The van der Waals surface area contributed by atoms with Crippen molar-refractivity contribution in [1.29, 1.82) is 0 Å². The molecule has 1 aromatic carbocycles. The minimum atomic E-state index is 0.241. The molecule has 0 spiro atoms. The van der Waals surface area contributed by atoms with Crippen LogP contribution in [0.2, 0.25) is 0 Å². The van der Waals surface area contributed by atoms with Gasteiger partial charge in [-0.3, -0.25) is 4.98 Å². The summed E-state index contributed by atoms with van der Waals surface area (Å²) >= 11 is 0. The van der Waals surface area contributed by atoms with E-state index >= 15 is 0 Å². The molecule has 0 aliphatic rings. The third-order valence-corrected chi connectivity index (χ3v) is 2.79. The van der Waals surface area contributed by atoms with Gasteiger partial charge >= 0.3 is 6.01 Å². The van der Waals surface area contributed by atoms with Gasteiger partial charge in [-0.2, -0.15) is 0 Å². The van der Waals surface area contributed by atoms with Crippen molar-refractivity contribution in [2.45, 2.75) is 13.1 Å². The van der Waals surface area contributed by atoms with Gasteiger partial charge in [-0.15, -0.1) is 5.10 Å². The molecule has 0 unspecified atom stereocenters. The lowest BCUT2D eigenvalue weighted by Crippen LogP contribution is -2.01. The highest BCUT2D eigenvalue weighted by Gasteiger charge is 2.05. The van der Waals surface area contributed by atoms with E-state index in [0.717, 1.165) is 16.5 Å². The number of rotatable bonds is 4. The fourth-order valence-electron chi connectivity index (χ4n) is 1.89. The third kappa shape index (κ3) is 2.38. The first kappa shape index (κ1) is 11.6. The standard InChI is InChI=1S/C13H13N5O/c14-7-11-17-18-13(19-11)16-8-10-4-1-3-9-5-2-6-15-12(9)10/h1-6H,7-8,14H2,(H,16,18). The number of nitrogens with one attached hydrogen (secondary N) is 1. The average Bonchev–Trinajstić information content (AvgIpc) is 2.93. The van der Waals surface area contributed by atoms with Crippen LogP contribution < -0.4 is 11.1 Å². The van der Waals surface area contributed by atoms with E-state index in [1.165, 1.54) is 0 Å². The quantitative estimate of drug-likeness (QED) is 0.737. The molecule has 6 nitrogen and oxygen atoms in total. The van der Waals surface area contributed by atoms with Crippen LogP contribution in [-0.4, -0.2) is 15.2 Å². The molecular weight excluding hydrogens is 242 g/mol. The normalized spacial score (nSPS) is 10.8. The van der Waals surface area contributed by atoms with Gasteiger partial charge in [0, 0.05) is 18.1 Å². The maximum Gasteiger partial charge on any atom is 0.315 e. The maximum absolute atomic E-state index is 5.41. The van der Waals surface area contributed by atoms with E-state index in [2.05, 4.69) is 20.5 Å². The topological polar surface area (TPSA) is 89.9 Å². The first-order valence-electron chi connectivity index (χ1n) is 5.96. The summed E-state index contributed by atoms with van der Waals surface area (Å²) in [4.78, 5) is 4.39. The lowest BCUT2D eigenvalue weighted by Gasteiger charge is -2.05. The molecule has 19 heavy (non-hydrogen) atoms. The molecule has 3 aromatic rings. The van der Waals surface area contributed by atoms with Crippen LogP contribution in [0.3, 0.4) is 0 Å². The lowest BCUT2D eigenvalue weighted by molar-refractivity contribution is 0.507. The van der Waals surface area contributed by atoms with Gasteiger partial charge in [-0.05, 0) is 11.6 Å². The maximum atomic E-state index is 5.41. The molecule has 0 saturated carbocycles. The molecule has 0 radical (unpaired) electrons. The number of aromatic nitrogens is 3. The Morgan fingerprint density at radius 1 is 1.16 bits per heavy atom. The Balaban J connectivity index is 1.81. The predicted molar refractivity (Wildman–Crippen MR) is 71.3 cm³/mol. The number of hydrogen-bond donors (Lipinski definition) is 2. The van der Waals surface area contributed by atoms with Crippen LogP contribution in [-0.2, 0) is 13.1 Å². The highest BCUT2D eigenvalue weighted by atomic mass is 16.4. The molecule has 0 atom stereocenters. The smallest absolute Gasteiger partial charge is 0.315 e. The fourth-order valence-corrected chi connectivity index (χ4v) is 1.89. The summed E-state index contributed by atoms with van der Waals surface area (Å²) in [5, 5.41) is 11.8. The molecule has 3 rings (SSSR count). The zero-order valence-corrected chi connectivity index (χ0v) is 10.2. The number of fused-ring (bicyclic) bond motifs is 1. The predicted octanol–water partition coefficient (Wildman–Crippen LogP) is 1.69. The number of nitrogens with two attached hydrogens (primary N) is 1. The first-order chi connectivity index (χ1) is 9.36. The van der Waals surface area contributed by atoms with E-state index in [-0.39, 0.29) is 6.54 Å². The van der Waals surface area contributed by atoms with Crippen LogP contribution in [0.15, 0.2) is 40.9 Å². The molecule has 0 saturated heterocycles. The number of para-hydroxylation sites is 1. The van der Waals surface area contributed by atoms with Crippen molar-refractivity contribution in [2.75, 3.05) is 5.32 Å². The lowest BCUT2D eigenvalue weighted by atomic mass is 10.1. The van der Waals surface area contributed by atoms with E-state index in [9.17, 15) is 0 Å². The van der Waals surface area contributed by atoms with Gasteiger partial charge in [0.15, 0.2) is 0 Å². The molecule has 2 heterocycles. The Labute approximate surface area is 109 Å². The Morgan fingerprint density at radius 2 is 2.05 bits per heavy atom. The minimum Gasteiger partial charge on any atom is -0.407 e. The Hall–Kier alpha value is -2.47. The number of pyridine rings is 1. The average molecular weight is 255 g/mol. The number of nitrogens with zero attached hydrogens (tertiary/aromatic N) is 3. The van der Waals surface area contributed by atoms with Crippen LogP contribution in [0.4, 0.5) is 6.01 Å². The van der Waals surface area contributed by atoms with E-state index in [4.69, 9.17) is 10.2 Å². The van der Waals surface area contributed by atoms with Crippen molar-refractivity contribution >= 4 is 16.9 Å². The second kappa shape index (κ2) is 5.03. The van der Waals surface area contributed by atoms with E-state index in [1.54, 1.807) is 6.20 Å². The van der Waals surface area contributed by atoms with E-state index < -0.39 is 0 Å².